The molecule has 1 heterocycles. The number of halogens is 1. The van der Waals surface area contributed by atoms with Crippen molar-refractivity contribution in [3.8, 4) is 0 Å². The van der Waals surface area contributed by atoms with Crippen molar-refractivity contribution in [3.05, 3.63) is 51.8 Å². The molecular formula is C14H16BrN3O. The second-order valence-corrected chi connectivity index (χ2v) is 5.20. The largest absolute Gasteiger partial charge is 0.348 e. The summed E-state index contributed by atoms with van der Waals surface area (Å²) in [6.45, 7) is 5.33. The molecule has 2 rings (SSSR count). The maximum Gasteiger partial charge on any atom is 0.251 e. The van der Waals surface area contributed by atoms with Crippen LogP contribution in [0.25, 0.3) is 0 Å². The van der Waals surface area contributed by atoms with Gasteiger partial charge in [0, 0.05) is 34.9 Å². The fourth-order valence-electron chi connectivity index (χ4n) is 1.77. The number of carbonyl (C=O) groups is 1. The molecule has 0 saturated carbocycles. The van der Waals surface area contributed by atoms with E-state index >= 15 is 0 Å². The molecule has 0 fully saturated rings. The average Bonchev–Trinajstić information content (AvgIpc) is 2.77. The summed E-state index contributed by atoms with van der Waals surface area (Å²) in [7, 11) is 0. The van der Waals surface area contributed by atoms with Gasteiger partial charge in [0.25, 0.3) is 5.91 Å². The van der Waals surface area contributed by atoms with E-state index in [1.165, 1.54) is 0 Å². The van der Waals surface area contributed by atoms with Gasteiger partial charge in [-0.3, -0.25) is 9.48 Å². The van der Waals surface area contributed by atoms with Gasteiger partial charge in [-0.2, -0.15) is 5.10 Å². The second-order valence-electron chi connectivity index (χ2n) is 4.29. The van der Waals surface area contributed by atoms with Gasteiger partial charge in [0.1, 0.15) is 0 Å². The van der Waals surface area contributed by atoms with E-state index in [0.717, 1.165) is 22.3 Å². The Morgan fingerprint density at radius 3 is 2.63 bits per heavy atom. The van der Waals surface area contributed by atoms with Crippen LogP contribution >= 0.6 is 15.9 Å². The third kappa shape index (κ3) is 3.44. The number of aryl methyl sites for hydroxylation is 2. The Hall–Kier alpha value is -1.62. The van der Waals surface area contributed by atoms with Crippen LogP contribution < -0.4 is 5.32 Å². The number of hydrogen-bond acceptors (Lipinski definition) is 2. The highest BCUT2D eigenvalue weighted by Crippen LogP contribution is 2.11. The molecule has 0 spiro atoms. The van der Waals surface area contributed by atoms with Crippen molar-refractivity contribution in [2.24, 2.45) is 0 Å². The molecule has 1 amide bonds. The highest BCUT2D eigenvalue weighted by atomic mass is 79.9. The number of hydrogen-bond donors (Lipinski definition) is 1. The first-order chi connectivity index (χ1) is 9.10. The molecule has 0 aliphatic carbocycles. The van der Waals surface area contributed by atoms with E-state index in [-0.39, 0.29) is 5.91 Å². The molecule has 0 radical (unpaired) electrons. The van der Waals surface area contributed by atoms with E-state index in [9.17, 15) is 4.79 Å². The molecule has 0 saturated heterocycles. The minimum absolute atomic E-state index is 0.0730. The minimum atomic E-state index is -0.0730. The normalized spacial score (nSPS) is 10.5. The summed E-state index contributed by atoms with van der Waals surface area (Å²) < 4.78 is 2.83. The molecule has 0 bridgehead atoms. The molecule has 0 atom stereocenters. The number of carbonyl (C=O) groups excluding carboxylic acids is 1. The van der Waals surface area contributed by atoms with Gasteiger partial charge in [0.2, 0.25) is 0 Å². The molecule has 1 aromatic carbocycles. The molecule has 2 aromatic rings. The zero-order valence-corrected chi connectivity index (χ0v) is 12.6. The summed E-state index contributed by atoms with van der Waals surface area (Å²) in [5.74, 6) is -0.0730. The van der Waals surface area contributed by atoms with Crippen molar-refractivity contribution in [2.75, 3.05) is 0 Å². The maximum atomic E-state index is 12.0. The molecule has 4 nitrogen and oxygen atoms in total. The van der Waals surface area contributed by atoms with Crippen LogP contribution in [-0.2, 0) is 13.1 Å². The smallest absolute Gasteiger partial charge is 0.251 e. The van der Waals surface area contributed by atoms with Crippen LogP contribution in [0.15, 0.2) is 34.9 Å². The third-order valence-corrected chi connectivity index (χ3v) is 3.45. The van der Waals surface area contributed by atoms with Gasteiger partial charge in [-0.1, -0.05) is 15.9 Å². The molecule has 5 heteroatoms. The molecule has 19 heavy (non-hydrogen) atoms. The standard InChI is InChI=1S/C14H16BrN3O/c1-3-18-9-12(10(2)17-18)8-16-14(19)11-4-6-13(15)7-5-11/h4-7,9H,3,8H2,1-2H3,(H,16,19). The van der Waals surface area contributed by atoms with Crippen LogP contribution in [0, 0.1) is 6.92 Å². The summed E-state index contributed by atoms with van der Waals surface area (Å²) in [5.41, 5.74) is 2.66. The maximum absolute atomic E-state index is 12.0. The quantitative estimate of drug-likeness (QED) is 0.941. The Bertz CT molecular complexity index is 575. The summed E-state index contributed by atoms with van der Waals surface area (Å²) in [6.07, 6.45) is 1.97. The Kier molecular flexibility index (Phi) is 4.37. The zero-order valence-electron chi connectivity index (χ0n) is 11.0. The van der Waals surface area contributed by atoms with E-state index in [2.05, 4.69) is 26.3 Å². The van der Waals surface area contributed by atoms with Crippen LogP contribution in [0.4, 0.5) is 0 Å². The Morgan fingerprint density at radius 1 is 1.37 bits per heavy atom. The fourth-order valence-corrected chi connectivity index (χ4v) is 2.04. The van der Waals surface area contributed by atoms with Gasteiger partial charge in [0.05, 0.1) is 5.69 Å². The third-order valence-electron chi connectivity index (χ3n) is 2.92. The van der Waals surface area contributed by atoms with Crippen LogP contribution in [0.3, 0.4) is 0 Å². The first kappa shape index (κ1) is 13.8. The lowest BCUT2D eigenvalue weighted by Gasteiger charge is -2.04. The zero-order chi connectivity index (χ0) is 13.8. The predicted molar refractivity (Wildman–Crippen MR) is 78.0 cm³/mol. The van der Waals surface area contributed by atoms with Crippen molar-refractivity contribution >= 4 is 21.8 Å². The molecule has 0 aliphatic heterocycles. The number of nitrogens with zero attached hydrogens (tertiary/aromatic N) is 2. The Labute approximate surface area is 120 Å². The van der Waals surface area contributed by atoms with Gasteiger partial charge in [-0.05, 0) is 38.1 Å². The van der Waals surface area contributed by atoms with Crippen LogP contribution in [0.5, 0.6) is 0 Å². The first-order valence-corrected chi connectivity index (χ1v) is 6.96. The molecule has 1 N–H and O–H groups in total. The molecule has 0 unspecified atom stereocenters. The number of aromatic nitrogens is 2. The van der Waals surface area contributed by atoms with E-state index in [1.54, 1.807) is 12.1 Å². The average molecular weight is 322 g/mol. The van der Waals surface area contributed by atoms with Crippen molar-refractivity contribution in [1.82, 2.24) is 15.1 Å². The SMILES string of the molecule is CCn1cc(CNC(=O)c2ccc(Br)cc2)c(C)n1. The summed E-state index contributed by atoms with van der Waals surface area (Å²) in [6, 6.07) is 7.30. The summed E-state index contributed by atoms with van der Waals surface area (Å²) in [4.78, 5) is 12.0. The topological polar surface area (TPSA) is 46.9 Å². The number of benzene rings is 1. The van der Waals surface area contributed by atoms with Crippen LogP contribution in [0.1, 0.15) is 28.5 Å². The summed E-state index contributed by atoms with van der Waals surface area (Å²) >= 11 is 3.35. The molecule has 0 aliphatic rings. The number of amides is 1. The van der Waals surface area contributed by atoms with E-state index in [0.29, 0.717) is 12.1 Å². The van der Waals surface area contributed by atoms with Crippen molar-refractivity contribution in [2.45, 2.75) is 26.9 Å². The highest BCUT2D eigenvalue weighted by molar-refractivity contribution is 9.10. The second kappa shape index (κ2) is 6.02. The van der Waals surface area contributed by atoms with Crippen molar-refractivity contribution < 1.29 is 4.79 Å². The molecular weight excluding hydrogens is 306 g/mol. The van der Waals surface area contributed by atoms with Crippen molar-refractivity contribution in [1.29, 1.82) is 0 Å². The summed E-state index contributed by atoms with van der Waals surface area (Å²) in [5, 5.41) is 7.26. The lowest BCUT2D eigenvalue weighted by molar-refractivity contribution is 0.0951. The number of nitrogens with one attached hydrogen (secondary N) is 1. The van der Waals surface area contributed by atoms with Gasteiger partial charge in [0.15, 0.2) is 0 Å². The Morgan fingerprint density at radius 2 is 2.05 bits per heavy atom. The van der Waals surface area contributed by atoms with Crippen molar-refractivity contribution in [3.63, 3.8) is 0 Å². The van der Waals surface area contributed by atoms with E-state index in [1.807, 2.05) is 36.9 Å². The first-order valence-electron chi connectivity index (χ1n) is 6.17. The lowest BCUT2D eigenvalue weighted by Crippen LogP contribution is -2.22. The van der Waals surface area contributed by atoms with Crippen LogP contribution in [0.2, 0.25) is 0 Å². The lowest BCUT2D eigenvalue weighted by atomic mass is 10.2. The highest BCUT2D eigenvalue weighted by Gasteiger charge is 2.08. The van der Waals surface area contributed by atoms with Gasteiger partial charge >= 0.3 is 0 Å². The molecule has 1 aromatic heterocycles. The van der Waals surface area contributed by atoms with E-state index in [4.69, 9.17) is 0 Å². The Balaban J connectivity index is 2.00. The minimum Gasteiger partial charge on any atom is -0.348 e. The fraction of sp³-hybridized carbons (Fsp3) is 0.286. The van der Waals surface area contributed by atoms with E-state index < -0.39 is 0 Å². The number of rotatable bonds is 4. The van der Waals surface area contributed by atoms with Gasteiger partial charge < -0.3 is 5.32 Å². The predicted octanol–water partition coefficient (Wildman–Crippen LogP) is 2.90. The van der Waals surface area contributed by atoms with Gasteiger partial charge in [-0.25, -0.2) is 0 Å². The van der Waals surface area contributed by atoms with Gasteiger partial charge in [-0.15, -0.1) is 0 Å². The van der Waals surface area contributed by atoms with Crippen LogP contribution in [-0.4, -0.2) is 15.7 Å². The molecule has 100 valence electrons. The monoisotopic (exact) mass is 321 g/mol.